The van der Waals surface area contributed by atoms with Crippen LogP contribution in [-0.4, -0.2) is 22.5 Å². The molecule has 158 valence electrons. The highest BCUT2D eigenvalue weighted by atomic mass is 32.2. The molecule has 0 spiro atoms. The summed E-state index contributed by atoms with van der Waals surface area (Å²) in [5, 5.41) is 0. The van der Waals surface area contributed by atoms with Gasteiger partial charge in [-0.05, 0) is 55.5 Å². The molecule has 0 aliphatic carbocycles. The Bertz CT molecular complexity index is 1370. The summed E-state index contributed by atoms with van der Waals surface area (Å²) in [5.41, 5.74) is -3.74. The Kier molecular flexibility index (Phi) is 5.29. The number of H-pyrrole nitrogens is 1. The highest BCUT2D eigenvalue weighted by molar-refractivity contribution is 7.91. The van der Waals surface area contributed by atoms with E-state index in [1.807, 2.05) is 4.98 Å². The van der Waals surface area contributed by atoms with Gasteiger partial charge >= 0.3 is 23.2 Å². The van der Waals surface area contributed by atoms with Crippen molar-refractivity contribution in [2.75, 3.05) is 0 Å². The predicted molar refractivity (Wildman–Crippen MR) is 99.5 cm³/mol. The molecule has 2 aromatic carbocycles. The van der Waals surface area contributed by atoms with E-state index in [1.165, 1.54) is 19.1 Å². The SMILES string of the molecule is CCn1c(=O)[nH]c(=O)n(-c2ccc(S(=O)(=O)c3ccc(C(F)(F)F)cc3)cc2)c1=O. The highest BCUT2D eigenvalue weighted by Gasteiger charge is 2.30. The van der Waals surface area contributed by atoms with E-state index in [4.69, 9.17) is 0 Å². The molecule has 0 saturated carbocycles. The lowest BCUT2D eigenvalue weighted by molar-refractivity contribution is -0.137. The maximum absolute atomic E-state index is 12.7. The van der Waals surface area contributed by atoms with Gasteiger partial charge in [0.25, 0.3) is 0 Å². The van der Waals surface area contributed by atoms with Crippen LogP contribution in [0.15, 0.2) is 72.7 Å². The van der Waals surface area contributed by atoms with Crippen LogP contribution in [0, 0.1) is 0 Å². The first kappa shape index (κ1) is 21.3. The van der Waals surface area contributed by atoms with Gasteiger partial charge in [-0.1, -0.05) is 0 Å². The number of rotatable bonds is 4. The number of hydrogen-bond donors (Lipinski definition) is 1. The number of sulfone groups is 1. The fourth-order valence-corrected chi connectivity index (χ4v) is 4.01. The molecule has 0 aliphatic rings. The Hall–Kier alpha value is -3.41. The first-order chi connectivity index (χ1) is 14.0. The number of aromatic nitrogens is 3. The van der Waals surface area contributed by atoms with Crippen LogP contribution in [0.1, 0.15) is 12.5 Å². The molecule has 0 atom stereocenters. The zero-order valence-electron chi connectivity index (χ0n) is 15.3. The van der Waals surface area contributed by atoms with Crippen molar-refractivity contribution in [3.8, 4) is 5.69 Å². The topological polar surface area (TPSA) is 111 Å². The first-order valence-electron chi connectivity index (χ1n) is 8.46. The van der Waals surface area contributed by atoms with Gasteiger partial charge in [0, 0.05) is 6.54 Å². The van der Waals surface area contributed by atoms with Gasteiger partial charge < -0.3 is 0 Å². The summed E-state index contributed by atoms with van der Waals surface area (Å²) in [6.45, 7) is 1.54. The lowest BCUT2D eigenvalue weighted by Crippen LogP contribution is -2.48. The molecule has 0 amide bonds. The molecule has 0 radical (unpaired) electrons. The molecule has 0 bridgehead atoms. The Labute approximate surface area is 166 Å². The molecule has 0 fully saturated rings. The Morgan fingerprint density at radius 2 is 1.37 bits per heavy atom. The lowest BCUT2D eigenvalue weighted by atomic mass is 10.2. The molecule has 8 nitrogen and oxygen atoms in total. The lowest BCUT2D eigenvalue weighted by Gasteiger charge is -2.10. The Morgan fingerprint density at radius 3 is 1.83 bits per heavy atom. The largest absolute Gasteiger partial charge is 0.416 e. The highest BCUT2D eigenvalue weighted by Crippen LogP contribution is 2.30. The molecule has 3 aromatic rings. The number of halogens is 3. The van der Waals surface area contributed by atoms with Gasteiger partial charge in [0.05, 0.1) is 21.0 Å². The average molecular weight is 441 g/mol. The fraction of sp³-hybridized carbons (Fsp3) is 0.167. The van der Waals surface area contributed by atoms with E-state index >= 15 is 0 Å². The average Bonchev–Trinajstić information content (AvgIpc) is 2.68. The van der Waals surface area contributed by atoms with E-state index in [0.29, 0.717) is 16.7 Å². The van der Waals surface area contributed by atoms with Gasteiger partial charge in [-0.15, -0.1) is 0 Å². The Morgan fingerprint density at radius 1 is 0.867 bits per heavy atom. The molecule has 1 aromatic heterocycles. The van der Waals surface area contributed by atoms with E-state index in [1.54, 1.807) is 0 Å². The number of aromatic amines is 1. The van der Waals surface area contributed by atoms with Crippen molar-refractivity contribution >= 4 is 9.84 Å². The number of hydrogen-bond acceptors (Lipinski definition) is 5. The summed E-state index contributed by atoms with van der Waals surface area (Å²) in [5.74, 6) is 0. The Balaban J connectivity index is 2.03. The van der Waals surface area contributed by atoms with Gasteiger partial charge in [-0.3, -0.25) is 4.98 Å². The summed E-state index contributed by atoms with van der Waals surface area (Å²) in [7, 11) is -4.14. The van der Waals surface area contributed by atoms with Crippen LogP contribution in [0.2, 0.25) is 0 Å². The number of nitrogens with zero attached hydrogens (tertiary/aromatic N) is 2. The summed E-state index contributed by atoms with van der Waals surface area (Å²) in [6.07, 6.45) is -4.60. The molecule has 1 heterocycles. The van der Waals surface area contributed by atoms with Crippen LogP contribution in [0.25, 0.3) is 5.69 Å². The molecule has 0 unspecified atom stereocenters. The van der Waals surface area contributed by atoms with Crippen molar-refractivity contribution < 1.29 is 21.6 Å². The number of alkyl halides is 3. The summed E-state index contributed by atoms with van der Waals surface area (Å²) in [4.78, 5) is 37.4. The summed E-state index contributed by atoms with van der Waals surface area (Å²) < 4.78 is 64.8. The molecule has 0 saturated heterocycles. The van der Waals surface area contributed by atoms with Crippen LogP contribution in [0.4, 0.5) is 13.2 Å². The van der Waals surface area contributed by atoms with Crippen LogP contribution in [-0.2, 0) is 22.6 Å². The van der Waals surface area contributed by atoms with Gasteiger partial charge in [0.1, 0.15) is 0 Å². The van der Waals surface area contributed by atoms with Crippen molar-refractivity contribution in [1.82, 2.24) is 14.1 Å². The first-order valence-corrected chi connectivity index (χ1v) is 9.94. The maximum atomic E-state index is 12.7. The normalized spacial score (nSPS) is 12.1. The monoisotopic (exact) mass is 441 g/mol. The molecule has 1 N–H and O–H groups in total. The van der Waals surface area contributed by atoms with Crippen LogP contribution < -0.4 is 17.1 Å². The number of benzene rings is 2. The molecule has 30 heavy (non-hydrogen) atoms. The minimum absolute atomic E-state index is 0.00876. The second-order valence-electron chi connectivity index (χ2n) is 6.12. The maximum Gasteiger partial charge on any atom is 0.416 e. The van der Waals surface area contributed by atoms with Crippen LogP contribution in [0.3, 0.4) is 0 Å². The van der Waals surface area contributed by atoms with Gasteiger partial charge in [0.2, 0.25) is 9.84 Å². The van der Waals surface area contributed by atoms with Gasteiger partial charge in [0.15, 0.2) is 0 Å². The molecule has 3 rings (SSSR count). The van der Waals surface area contributed by atoms with E-state index in [9.17, 15) is 36.0 Å². The zero-order chi connectivity index (χ0) is 22.3. The van der Waals surface area contributed by atoms with E-state index < -0.39 is 38.6 Å². The van der Waals surface area contributed by atoms with Crippen molar-refractivity contribution in [1.29, 1.82) is 0 Å². The summed E-state index contributed by atoms with van der Waals surface area (Å²) in [6, 6.07) is 7.58. The minimum Gasteiger partial charge on any atom is -0.258 e. The van der Waals surface area contributed by atoms with E-state index in [2.05, 4.69) is 0 Å². The fourth-order valence-electron chi connectivity index (χ4n) is 2.75. The predicted octanol–water partition coefficient (Wildman–Crippen LogP) is 1.56. The van der Waals surface area contributed by atoms with E-state index in [0.717, 1.165) is 28.8 Å². The minimum atomic E-state index is -4.60. The smallest absolute Gasteiger partial charge is 0.258 e. The van der Waals surface area contributed by atoms with E-state index in [-0.39, 0.29) is 22.0 Å². The van der Waals surface area contributed by atoms with Crippen molar-refractivity contribution in [3.05, 3.63) is 85.5 Å². The second kappa shape index (κ2) is 7.44. The van der Waals surface area contributed by atoms with Gasteiger partial charge in [-0.2, -0.15) is 13.2 Å². The third-order valence-corrected chi connectivity index (χ3v) is 6.08. The molecular formula is C18H14F3N3O5S. The van der Waals surface area contributed by atoms with Crippen LogP contribution >= 0.6 is 0 Å². The third-order valence-electron chi connectivity index (χ3n) is 4.30. The standard InChI is InChI=1S/C18H14F3N3O5S/c1-2-23-15(25)22-16(26)24(17(23)27)12-5-9-14(10-6-12)30(28,29)13-7-3-11(4-8-13)18(19,20)21/h3-10H,2H2,1H3,(H,22,25,26). The molecule has 12 heteroatoms. The second-order valence-corrected chi connectivity index (χ2v) is 8.07. The molecule has 0 aliphatic heterocycles. The number of nitrogens with one attached hydrogen (secondary N) is 1. The summed E-state index contributed by atoms with van der Waals surface area (Å²) >= 11 is 0. The van der Waals surface area contributed by atoms with Crippen molar-refractivity contribution in [2.24, 2.45) is 0 Å². The molecular weight excluding hydrogens is 427 g/mol. The third kappa shape index (κ3) is 3.73. The van der Waals surface area contributed by atoms with Gasteiger partial charge in [-0.25, -0.2) is 31.9 Å². The quantitative estimate of drug-likeness (QED) is 0.661. The van der Waals surface area contributed by atoms with Crippen LogP contribution in [0.5, 0.6) is 0 Å². The zero-order valence-corrected chi connectivity index (χ0v) is 16.1. The van der Waals surface area contributed by atoms with Crippen molar-refractivity contribution in [3.63, 3.8) is 0 Å². The van der Waals surface area contributed by atoms with Crippen molar-refractivity contribution in [2.45, 2.75) is 29.4 Å².